The largest absolute Gasteiger partial charge is 0.445 e. The van der Waals surface area contributed by atoms with Crippen LogP contribution in [0.5, 0.6) is 0 Å². The first-order valence-electron chi connectivity index (χ1n) is 7.51. The summed E-state index contributed by atoms with van der Waals surface area (Å²) in [5.74, 6) is 4.34. The molecule has 3 atom stereocenters. The highest BCUT2D eigenvalue weighted by Crippen LogP contribution is 2.59. The van der Waals surface area contributed by atoms with Crippen molar-refractivity contribution in [2.45, 2.75) is 59.4 Å². The molecule has 0 aliphatic heterocycles. The first-order chi connectivity index (χ1) is 9.11. The number of allylic oxidation sites excluding steroid dienone is 1. The molecule has 0 radical (unpaired) electrons. The summed E-state index contributed by atoms with van der Waals surface area (Å²) in [5.41, 5.74) is 4.95. The van der Waals surface area contributed by atoms with E-state index in [0.29, 0.717) is 11.3 Å². The quantitative estimate of drug-likeness (QED) is 0.335. The Balaban J connectivity index is 2.25. The molecule has 0 aromatic heterocycles. The third kappa shape index (κ3) is 3.01. The van der Waals surface area contributed by atoms with Crippen LogP contribution in [0.2, 0.25) is 19.6 Å². The monoisotopic (exact) mass is 290 g/mol. The van der Waals surface area contributed by atoms with Crippen molar-refractivity contribution in [2.24, 2.45) is 17.3 Å². The van der Waals surface area contributed by atoms with E-state index in [2.05, 4.69) is 51.0 Å². The van der Waals surface area contributed by atoms with E-state index in [0.717, 1.165) is 12.3 Å². The minimum atomic E-state index is -1.46. The zero-order valence-corrected chi connectivity index (χ0v) is 14.5. The Morgan fingerprint density at radius 3 is 2.55 bits per heavy atom. The summed E-state index contributed by atoms with van der Waals surface area (Å²) in [6, 6.07) is 0. The van der Waals surface area contributed by atoms with E-state index in [1.807, 2.05) is 0 Å². The number of carbonyl (C=O) groups excluding carboxylic acids is 1. The summed E-state index contributed by atoms with van der Waals surface area (Å²) in [7, 11) is -1.46. The van der Waals surface area contributed by atoms with Crippen LogP contribution < -0.4 is 0 Å². The summed E-state index contributed by atoms with van der Waals surface area (Å²) < 4.78 is 5.52. The fourth-order valence-electron chi connectivity index (χ4n) is 3.32. The van der Waals surface area contributed by atoms with E-state index in [1.54, 1.807) is 0 Å². The van der Waals surface area contributed by atoms with Crippen molar-refractivity contribution in [3.8, 4) is 11.5 Å². The molecule has 2 nitrogen and oxygen atoms in total. The van der Waals surface area contributed by atoms with Crippen LogP contribution >= 0.6 is 0 Å². The van der Waals surface area contributed by atoms with E-state index in [9.17, 15) is 4.79 Å². The van der Waals surface area contributed by atoms with Crippen LogP contribution in [0.3, 0.4) is 0 Å². The third-order valence-corrected chi connectivity index (χ3v) is 5.57. The highest BCUT2D eigenvalue weighted by molar-refractivity contribution is 6.83. The van der Waals surface area contributed by atoms with Crippen LogP contribution in [0.4, 0.5) is 0 Å². The Kier molecular flexibility index (Phi) is 3.90. The lowest BCUT2D eigenvalue weighted by Gasteiger charge is -2.57. The van der Waals surface area contributed by atoms with E-state index in [-0.39, 0.29) is 12.1 Å². The number of hydrogen-bond donors (Lipinski definition) is 0. The van der Waals surface area contributed by atoms with E-state index in [1.165, 1.54) is 18.9 Å². The maximum Gasteiger partial charge on any atom is 0.304 e. The lowest BCUT2D eigenvalue weighted by Crippen LogP contribution is -2.50. The minimum absolute atomic E-state index is 0.236. The molecular formula is C17H26O2Si. The molecule has 3 rings (SSSR count). The van der Waals surface area contributed by atoms with Gasteiger partial charge in [0.25, 0.3) is 0 Å². The summed E-state index contributed by atoms with van der Waals surface area (Å²) in [5, 5.41) is 0. The van der Waals surface area contributed by atoms with Gasteiger partial charge in [-0.25, -0.2) is 0 Å². The van der Waals surface area contributed by atoms with Crippen molar-refractivity contribution < 1.29 is 9.53 Å². The van der Waals surface area contributed by atoms with Gasteiger partial charge in [-0.05, 0) is 35.7 Å². The first-order valence-corrected chi connectivity index (χ1v) is 11.0. The van der Waals surface area contributed by atoms with Gasteiger partial charge >= 0.3 is 5.97 Å². The Morgan fingerprint density at radius 2 is 2.10 bits per heavy atom. The second-order valence-corrected chi connectivity index (χ2v) is 12.5. The lowest BCUT2D eigenvalue weighted by molar-refractivity contribution is -0.143. The molecule has 0 aromatic carbocycles. The maximum absolute atomic E-state index is 11.4. The standard InChI is InChI=1S/C17H26O2Si/c1-12(18)19-16(9-10-20(4,5)6)14-8-7-13-11-15(14)17(13,2)3/h8,13,15-16H,7,11H2,1-6H3/t13-,15-,16?/m0/s1. The predicted octanol–water partition coefficient (Wildman–Crippen LogP) is 3.79. The molecule has 0 amide bonds. The van der Waals surface area contributed by atoms with Gasteiger partial charge < -0.3 is 4.74 Å². The van der Waals surface area contributed by atoms with Crippen molar-refractivity contribution in [3.05, 3.63) is 11.6 Å². The average Bonchev–Trinajstić information content (AvgIpc) is 2.32. The molecule has 110 valence electrons. The number of carbonyl (C=O) groups is 1. The Morgan fingerprint density at radius 1 is 1.45 bits per heavy atom. The number of fused-ring (bicyclic) bond motifs is 1. The summed E-state index contributed by atoms with van der Waals surface area (Å²) in [4.78, 5) is 11.4. The van der Waals surface area contributed by atoms with Crippen LogP contribution in [0.25, 0.3) is 0 Å². The van der Waals surface area contributed by atoms with Crippen molar-refractivity contribution in [1.29, 1.82) is 0 Å². The van der Waals surface area contributed by atoms with Gasteiger partial charge in [0.05, 0.1) is 0 Å². The molecule has 20 heavy (non-hydrogen) atoms. The van der Waals surface area contributed by atoms with Crippen LogP contribution in [0, 0.1) is 28.7 Å². The van der Waals surface area contributed by atoms with Crippen LogP contribution in [0.1, 0.15) is 33.6 Å². The van der Waals surface area contributed by atoms with Gasteiger partial charge in [-0.1, -0.05) is 45.5 Å². The Bertz CT molecular complexity index is 499. The smallest absolute Gasteiger partial charge is 0.304 e. The van der Waals surface area contributed by atoms with E-state index in [4.69, 9.17) is 4.74 Å². The van der Waals surface area contributed by atoms with Gasteiger partial charge in [0.2, 0.25) is 0 Å². The van der Waals surface area contributed by atoms with Crippen LogP contribution in [0.15, 0.2) is 11.6 Å². The van der Waals surface area contributed by atoms with Crippen molar-refractivity contribution >= 4 is 14.0 Å². The number of esters is 1. The molecule has 3 aliphatic carbocycles. The fraction of sp³-hybridized carbons (Fsp3) is 0.706. The highest BCUT2D eigenvalue weighted by Gasteiger charge is 2.52. The lowest BCUT2D eigenvalue weighted by atomic mass is 9.48. The SMILES string of the molecule is CC(=O)OC(C#C[Si](C)(C)C)C1=CC[C@H]2C[C@@H]1C2(C)C. The van der Waals surface area contributed by atoms with Crippen molar-refractivity contribution in [1.82, 2.24) is 0 Å². The molecule has 0 heterocycles. The number of hydrogen-bond acceptors (Lipinski definition) is 2. The van der Waals surface area contributed by atoms with Crippen molar-refractivity contribution in [2.75, 3.05) is 0 Å². The summed E-state index contributed by atoms with van der Waals surface area (Å²) in [6.45, 7) is 12.8. The second-order valence-electron chi connectivity index (χ2n) is 7.76. The fourth-order valence-corrected chi connectivity index (χ4v) is 3.88. The maximum atomic E-state index is 11.4. The molecule has 0 saturated heterocycles. The average molecular weight is 290 g/mol. The molecular weight excluding hydrogens is 264 g/mol. The summed E-state index contributed by atoms with van der Waals surface area (Å²) >= 11 is 0. The normalized spacial score (nSPS) is 28.4. The number of ether oxygens (including phenoxy) is 1. The third-order valence-electron chi connectivity index (χ3n) is 4.68. The minimum Gasteiger partial charge on any atom is -0.445 e. The number of rotatable bonds is 2. The van der Waals surface area contributed by atoms with Gasteiger partial charge in [0, 0.05) is 6.92 Å². The molecule has 1 saturated carbocycles. The van der Waals surface area contributed by atoms with Gasteiger partial charge in [-0.2, -0.15) is 0 Å². The molecule has 1 unspecified atom stereocenters. The van der Waals surface area contributed by atoms with Crippen LogP contribution in [-0.2, 0) is 9.53 Å². The first kappa shape index (κ1) is 15.4. The highest BCUT2D eigenvalue weighted by atomic mass is 28.3. The van der Waals surface area contributed by atoms with Gasteiger partial charge in [0.15, 0.2) is 6.10 Å². The Labute approximate surface area is 124 Å². The van der Waals surface area contributed by atoms with Gasteiger partial charge in [-0.15, -0.1) is 5.54 Å². The predicted molar refractivity (Wildman–Crippen MR) is 84.8 cm³/mol. The molecule has 3 aliphatic rings. The molecule has 1 fully saturated rings. The van der Waals surface area contributed by atoms with Gasteiger partial charge in [-0.3, -0.25) is 4.79 Å². The van der Waals surface area contributed by atoms with Crippen LogP contribution in [-0.4, -0.2) is 20.1 Å². The molecule has 3 heteroatoms. The molecule has 0 aromatic rings. The van der Waals surface area contributed by atoms with E-state index < -0.39 is 8.07 Å². The second kappa shape index (κ2) is 5.07. The zero-order valence-electron chi connectivity index (χ0n) is 13.5. The summed E-state index contributed by atoms with van der Waals surface area (Å²) in [6.07, 6.45) is 4.28. The molecule has 2 bridgehead atoms. The van der Waals surface area contributed by atoms with E-state index >= 15 is 0 Å². The molecule has 0 N–H and O–H groups in total. The van der Waals surface area contributed by atoms with Crippen molar-refractivity contribution in [3.63, 3.8) is 0 Å². The topological polar surface area (TPSA) is 26.3 Å². The van der Waals surface area contributed by atoms with Gasteiger partial charge in [0.1, 0.15) is 8.07 Å². The molecule has 0 spiro atoms. The zero-order chi connectivity index (χ0) is 15.1. The Hall–Kier alpha value is -1.01.